The van der Waals surface area contributed by atoms with E-state index < -0.39 is 18.1 Å². The van der Waals surface area contributed by atoms with Crippen LogP contribution in [0.4, 0.5) is 13.2 Å². The first kappa shape index (κ1) is 14.8. The van der Waals surface area contributed by atoms with Crippen LogP contribution in [0, 0.1) is 11.8 Å². The highest BCUT2D eigenvalue weighted by Gasteiger charge is 2.41. The van der Waals surface area contributed by atoms with Gasteiger partial charge in [-0.25, -0.2) is 0 Å². The Morgan fingerprint density at radius 3 is 1.73 bits per heavy atom. The van der Waals surface area contributed by atoms with Crippen LogP contribution in [0.2, 0.25) is 0 Å². The molecule has 0 aliphatic carbocycles. The van der Waals surface area contributed by atoms with E-state index in [1.165, 1.54) is 0 Å². The summed E-state index contributed by atoms with van der Waals surface area (Å²) in [6.45, 7) is 9.01. The van der Waals surface area contributed by atoms with Crippen molar-refractivity contribution < 1.29 is 13.2 Å². The quantitative estimate of drug-likeness (QED) is 0.753. The summed E-state index contributed by atoms with van der Waals surface area (Å²) in [5.41, 5.74) is 0. The number of nitrogens with one attached hydrogen (secondary N) is 1. The lowest BCUT2D eigenvalue weighted by Gasteiger charge is -2.29. The third kappa shape index (κ3) is 6.03. The summed E-state index contributed by atoms with van der Waals surface area (Å²) < 4.78 is 37.8. The van der Waals surface area contributed by atoms with Crippen molar-refractivity contribution >= 4 is 0 Å². The molecule has 0 aromatic heterocycles. The Balaban J connectivity index is 4.30. The highest BCUT2D eigenvalue weighted by atomic mass is 19.4. The van der Waals surface area contributed by atoms with E-state index in [0.717, 1.165) is 6.42 Å². The average molecular weight is 225 g/mol. The van der Waals surface area contributed by atoms with Gasteiger partial charge in [0.25, 0.3) is 0 Å². The summed E-state index contributed by atoms with van der Waals surface area (Å²) in [6.07, 6.45) is -3.39. The highest BCUT2D eigenvalue weighted by Crippen LogP contribution is 2.26. The lowest BCUT2D eigenvalue weighted by molar-refractivity contribution is -0.167. The van der Waals surface area contributed by atoms with E-state index in [0.29, 0.717) is 5.92 Å². The molecule has 0 radical (unpaired) electrons. The molecule has 15 heavy (non-hydrogen) atoms. The van der Waals surface area contributed by atoms with Crippen LogP contribution in [0.5, 0.6) is 0 Å². The lowest BCUT2D eigenvalue weighted by atomic mass is 10.00. The predicted octanol–water partition coefficient (Wildman–Crippen LogP) is 3.60. The second kappa shape index (κ2) is 5.73. The first-order valence-corrected chi connectivity index (χ1v) is 5.47. The maximum absolute atomic E-state index is 12.6. The first-order valence-electron chi connectivity index (χ1n) is 5.47. The number of hydrogen-bond donors (Lipinski definition) is 1. The fraction of sp³-hybridized carbons (Fsp3) is 1.00. The molecule has 0 spiro atoms. The Labute approximate surface area is 90.4 Å². The summed E-state index contributed by atoms with van der Waals surface area (Å²) in [5, 5.41) is 2.66. The molecule has 1 N–H and O–H groups in total. The number of alkyl halides is 3. The standard InChI is InChI=1S/C11H22F3N/c1-7(2)6-9(5)15-10(8(3)4)11(12,13)14/h7-10,15H,6H2,1-5H3/t9-,10-/m0/s1. The van der Waals surface area contributed by atoms with Gasteiger partial charge in [-0.05, 0) is 25.2 Å². The molecule has 0 heterocycles. The monoisotopic (exact) mass is 225 g/mol. The minimum atomic E-state index is -4.15. The summed E-state index contributed by atoms with van der Waals surface area (Å²) in [6, 6.07) is -1.50. The second-order valence-corrected chi connectivity index (χ2v) is 4.96. The van der Waals surface area contributed by atoms with E-state index in [1.54, 1.807) is 20.8 Å². The van der Waals surface area contributed by atoms with Gasteiger partial charge < -0.3 is 5.32 Å². The van der Waals surface area contributed by atoms with Gasteiger partial charge in [-0.2, -0.15) is 13.2 Å². The van der Waals surface area contributed by atoms with Gasteiger partial charge in [-0.1, -0.05) is 27.7 Å². The van der Waals surface area contributed by atoms with Crippen molar-refractivity contribution in [1.29, 1.82) is 0 Å². The predicted molar refractivity (Wildman–Crippen MR) is 56.7 cm³/mol. The zero-order valence-electron chi connectivity index (χ0n) is 10.2. The number of hydrogen-bond acceptors (Lipinski definition) is 1. The molecule has 0 saturated heterocycles. The molecule has 4 heteroatoms. The molecule has 0 fully saturated rings. The van der Waals surface area contributed by atoms with E-state index >= 15 is 0 Å². The Kier molecular flexibility index (Phi) is 5.63. The van der Waals surface area contributed by atoms with Crippen LogP contribution in [-0.4, -0.2) is 18.3 Å². The van der Waals surface area contributed by atoms with Gasteiger partial charge in [0, 0.05) is 6.04 Å². The molecule has 0 amide bonds. The van der Waals surface area contributed by atoms with Crippen molar-refractivity contribution in [2.45, 2.75) is 59.3 Å². The summed E-state index contributed by atoms with van der Waals surface area (Å²) in [5.74, 6) is -0.0202. The molecule has 2 atom stereocenters. The SMILES string of the molecule is CC(C)C[C@H](C)N[C@@H](C(C)C)C(F)(F)F. The fourth-order valence-electron chi connectivity index (χ4n) is 1.75. The molecule has 1 nitrogen and oxygen atoms in total. The first-order chi connectivity index (χ1) is 6.64. The average Bonchev–Trinajstić information content (AvgIpc) is 1.95. The third-order valence-corrected chi connectivity index (χ3v) is 2.31. The topological polar surface area (TPSA) is 12.0 Å². The van der Waals surface area contributed by atoms with Gasteiger partial charge in [0.1, 0.15) is 6.04 Å². The van der Waals surface area contributed by atoms with Crippen molar-refractivity contribution in [1.82, 2.24) is 5.32 Å². The lowest BCUT2D eigenvalue weighted by Crippen LogP contribution is -2.49. The van der Waals surface area contributed by atoms with Gasteiger partial charge in [0.05, 0.1) is 0 Å². The van der Waals surface area contributed by atoms with Crippen LogP contribution in [-0.2, 0) is 0 Å². The molecule has 92 valence electrons. The van der Waals surface area contributed by atoms with Crippen molar-refractivity contribution in [3.8, 4) is 0 Å². The van der Waals surface area contributed by atoms with Gasteiger partial charge >= 0.3 is 6.18 Å². The number of rotatable bonds is 5. The van der Waals surface area contributed by atoms with Crippen LogP contribution in [0.3, 0.4) is 0 Å². The number of halogens is 3. The van der Waals surface area contributed by atoms with Gasteiger partial charge in [0.2, 0.25) is 0 Å². The normalized spacial score (nSPS) is 17.2. The van der Waals surface area contributed by atoms with Crippen molar-refractivity contribution in [2.24, 2.45) is 11.8 Å². The van der Waals surface area contributed by atoms with Crippen LogP contribution in [0.15, 0.2) is 0 Å². The Morgan fingerprint density at radius 1 is 1.00 bits per heavy atom. The van der Waals surface area contributed by atoms with Crippen LogP contribution in [0.25, 0.3) is 0 Å². The van der Waals surface area contributed by atoms with Crippen molar-refractivity contribution in [2.75, 3.05) is 0 Å². The summed E-state index contributed by atoms with van der Waals surface area (Å²) in [7, 11) is 0. The molecule has 0 unspecified atom stereocenters. The largest absolute Gasteiger partial charge is 0.404 e. The maximum Gasteiger partial charge on any atom is 0.404 e. The molecule has 0 saturated carbocycles. The summed E-state index contributed by atoms with van der Waals surface area (Å²) >= 11 is 0. The van der Waals surface area contributed by atoms with Gasteiger partial charge in [-0.15, -0.1) is 0 Å². The zero-order valence-corrected chi connectivity index (χ0v) is 10.2. The Hall–Kier alpha value is -0.250. The Morgan fingerprint density at radius 2 is 1.47 bits per heavy atom. The molecule has 0 aliphatic heterocycles. The smallest absolute Gasteiger partial charge is 0.303 e. The highest BCUT2D eigenvalue weighted by molar-refractivity contribution is 4.81. The zero-order chi connectivity index (χ0) is 12.2. The Bertz CT molecular complexity index is 175. The minimum absolute atomic E-state index is 0.0981. The maximum atomic E-state index is 12.6. The molecular formula is C11H22F3N. The molecule has 0 aliphatic rings. The minimum Gasteiger partial charge on any atom is -0.303 e. The van der Waals surface area contributed by atoms with E-state index in [9.17, 15) is 13.2 Å². The van der Waals surface area contributed by atoms with Crippen LogP contribution in [0.1, 0.15) is 41.0 Å². The molecule has 0 aromatic carbocycles. The van der Waals surface area contributed by atoms with Gasteiger partial charge in [0.15, 0.2) is 0 Å². The van der Waals surface area contributed by atoms with E-state index in [1.807, 2.05) is 13.8 Å². The molecule has 0 aromatic rings. The molecule has 0 bridgehead atoms. The van der Waals surface area contributed by atoms with Gasteiger partial charge in [-0.3, -0.25) is 0 Å². The summed E-state index contributed by atoms with van der Waals surface area (Å²) in [4.78, 5) is 0. The van der Waals surface area contributed by atoms with Crippen LogP contribution < -0.4 is 5.32 Å². The van der Waals surface area contributed by atoms with E-state index in [4.69, 9.17) is 0 Å². The fourth-order valence-corrected chi connectivity index (χ4v) is 1.75. The third-order valence-electron chi connectivity index (χ3n) is 2.31. The van der Waals surface area contributed by atoms with Crippen molar-refractivity contribution in [3.05, 3.63) is 0 Å². The molecule has 0 rings (SSSR count). The van der Waals surface area contributed by atoms with E-state index in [2.05, 4.69) is 5.32 Å². The van der Waals surface area contributed by atoms with E-state index in [-0.39, 0.29) is 6.04 Å². The second-order valence-electron chi connectivity index (χ2n) is 4.96. The van der Waals surface area contributed by atoms with Crippen LogP contribution >= 0.6 is 0 Å². The molecular weight excluding hydrogens is 203 g/mol. The van der Waals surface area contributed by atoms with Crippen molar-refractivity contribution in [3.63, 3.8) is 0 Å².